The number of hydrogen-bond acceptors (Lipinski definition) is 2. The fraction of sp³-hybridized carbons (Fsp3) is 0. The van der Waals surface area contributed by atoms with E-state index in [1.807, 2.05) is 22.7 Å². The summed E-state index contributed by atoms with van der Waals surface area (Å²) in [5, 5.41) is 15.7. The van der Waals surface area contributed by atoms with Gasteiger partial charge in [-0.25, -0.2) is 0 Å². The first-order valence-electron chi connectivity index (χ1n) is 18.5. The number of hydrogen-bond donors (Lipinski definition) is 0. The van der Waals surface area contributed by atoms with Crippen LogP contribution in [-0.2, 0) is 0 Å². The van der Waals surface area contributed by atoms with E-state index in [-0.39, 0.29) is 0 Å². The standard InChI is InChI=1S/C52H30S2/c1-3-15-37-31(10-1)12-8-18-39(37)40-19-9-20-41-44(40)30-35-11-2-4-16-38(35)49(41)36-14-7-13-33(28-36)34-24-26-47-45(29-34)42-25-22-32-23-27-48-51(50(32)52(42)54-47)43-17-5-6-21-46(43)53-48/h1-30H. The normalized spacial score (nSPS) is 12.1. The Bertz CT molecular complexity index is 3500. The van der Waals surface area contributed by atoms with Gasteiger partial charge in [-0.3, -0.25) is 0 Å². The van der Waals surface area contributed by atoms with Crippen LogP contribution >= 0.6 is 22.7 Å². The highest BCUT2D eigenvalue weighted by Crippen LogP contribution is 2.47. The lowest BCUT2D eigenvalue weighted by atomic mass is 9.87. The molecule has 54 heavy (non-hydrogen) atoms. The molecule has 0 nitrogen and oxygen atoms in total. The van der Waals surface area contributed by atoms with E-state index in [1.54, 1.807) is 0 Å². The number of rotatable bonds is 3. The summed E-state index contributed by atoms with van der Waals surface area (Å²) in [5.74, 6) is 0. The lowest BCUT2D eigenvalue weighted by molar-refractivity contribution is 1.63. The highest BCUT2D eigenvalue weighted by Gasteiger charge is 2.17. The van der Waals surface area contributed by atoms with E-state index in [2.05, 4.69) is 182 Å². The molecule has 0 spiro atoms. The molecule has 0 N–H and O–H groups in total. The van der Waals surface area contributed by atoms with E-state index in [0.29, 0.717) is 0 Å². The Balaban J connectivity index is 1.06. The van der Waals surface area contributed by atoms with Crippen LogP contribution in [0.5, 0.6) is 0 Å². The molecule has 0 aliphatic carbocycles. The van der Waals surface area contributed by atoms with E-state index < -0.39 is 0 Å². The van der Waals surface area contributed by atoms with E-state index in [4.69, 9.17) is 0 Å². The Morgan fingerprint density at radius 1 is 0.278 bits per heavy atom. The monoisotopic (exact) mass is 718 g/mol. The maximum Gasteiger partial charge on any atom is 0.0440 e. The van der Waals surface area contributed by atoms with E-state index in [1.165, 1.54) is 117 Å². The van der Waals surface area contributed by atoms with E-state index in [0.717, 1.165) is 0 Å². The van der Waals surface area contributed by atoms with Crippen molar-refractivity contribution in [2.45, 2.75) is 0 Å². The highest BCUT2D eigenvalue weighted by atomic mass is 32.1. The Kier molecular flexibility index (Phi) is 6.48. The van der Waals surface area contributed by atoms with Gasteiger partial charge in [0.1, 0.15) is 0 Å². The zero-order valence-electron chi connectivity index (χ0n) is 29.1. The molecule has 0 saturated carbocycles. The van der Waals surface area contributed by atoms with Crippen molar-refractivity contribution in [3.8, 4) is 33.4 Å². The fourth-order valence-corrected chi connectivity index (χ4v) is 11.3. The predicted octanol–water partition coefficient (Wildman–Crippen LogP) is 16.0. The van der Waals surface area contributed by atoms with Crippen molar-refractivity contribution in [3.05, 3.63) is 182 Å². The van der Waals surface area contributed by atoms with Crippen molar-refractivity contribution in [2.75, 3.05) is 0 Å². The third-order valence-electron chi connectivity index (χ3n) is 11.4. The van der Waals surface area contributed by atoms with Crippen molar-refractivity contribution in [2.24, 2.45) is 0 Å². The first-order valence-corrected chi connectivity index (χ1v) is 20.1. The van der Waals surface area contributed by atoms with Crippen LogP contribution in [0.3, 0.4) is 0 Å². The summed E-state index contributed by atoms with van der Waals surface area (Å²) < 4.78 is 5.42. The first-order chi connectivity index (χ1) is 26.8. The van der Waals surface area contributed by atoms with Crippen LogP contribution in [0, 0.1) is 0 Å². The summed E-state index contributed by atoms with van der Waals surface area (Å²) in [6.45, 7) is 0. The second-order valence-electron chi connectivity index (χ2n) is 14.4. The van der Waals surface area contributed by atoms with Gasteiger partial charge in [-0.15, -0.1) is 22.7 Å². The van der Waals surface area contributed by atoms with Crippen molar-refractivity contribution in [3.63, 3.8) is 0 Å². The van der Waals surface area contributed by atoms with Crippen molar-refractivity contribution in [1.82, 2.24) is 0 Å². The van der Waals surface area contributed by atoms with Gasteiger partial charge >= 0.3 is 0 Å². The molecule has 0 bridgehead atoms. The molecule has 0 atom stereocenters. The molecule has 0 radical (unpaired) electrons. The SMILES string of the molecule is c1cc(-c2ccc3sc4c(ccc5ccc6sc7ccccc7c6c54)c3c2)cc(-c2c3ccccc3cc3c(-c4cccc5ccccc45)cccc23)c1. The lowest BCUT2D eigenvalue weighted by Gasteiger charge is -2.17. The molecule has 0 aliphatic rings. The van der Waals surface area contributed by atoms with Gasteiger partial charge in [-0.05, 0) is 107 Å². The van der Waals surface area contributed by atoms with Gasteiger partial charge in [0.2, 0.25) is 0 Å². The molecule has 10 aromatic carbocycles. The van der Waals surface area contributed by atoms with Gasteiger partial charge in [0, 0.05) is 45.7 Å². The van der Waals surface area contributed by atoms with Crippen LogP contribution in [0.1, 0.15) is 0 Å². The van der Waals surface area contributed by atoms with Crippen LogP contribution in [0.25, 0.3) is 117 Å². The summed E-state index contributed by atoms with van der Waals surface area (Å²) >= 11 is 3.83. The molecular weight excluding hydrogens is 689 g/mol. The molecule has 2 aromatic heterocycles. The van der Waals surface area contributed by atoms with Crippen LogP contribution in [0.4, 0.5) is 0 Å². The van der Waals surface area contributed by atoms with Crippen LogP contribution < -0.4 is 0 Å². The molecule has 0 amide bonds. The Morgan fingerprint density at radius 2 is 0.926 bits per heavy atom. The van der Waals surface area contributed by atoms with Crippen molar-refractivity contribution >= 4 is 106 Å². The Hall–Kier alpha value is -6.32. The minimum atomic E-state index is 1.23. The van der Waals surface area contributed by atoms with Crippen LogP contribution in [0.15, 0.2) is 182 Å². The summed E-state index contributed by atoms with van der Waals surface area (Å²) in [6, 6.07) is 67.8. The molecule has 0 unspecified atom stereocenters. The van der Waals surface area contributed by atoms with E-state index >= 15 is 0 Å². The third kappa shape index (κ3) is 4.42. The first kappa shape index (κ1) is 30.2. The Labute approximate surface area is 319 Å². The summed E-state index contributed by atoms with van der Waals surface area (Å²) in [7, 11) is 0. The molecular formula is C52H30S2. The molecule has 2 heteroatoms. The second-order valence-corrected chi connectivity index (χ2v) is 16.5. The van der Waals surface area contributed by atoms with Crippen molar-refractivity contribution < 1.29 is 0 Å². The van der Waals surface area contributed by atoms with Crippen molar-refractivity contribution in [1.29, 1.82) is 0 Å². The quantitative estimate of drug-likeness (QED) is 0.160. The zero-order valence-corrected chi connectivity index (χ0v) is 30.8. The fourth-order valence-electron chi connectivity index (χ4n) is 8.99. The molecule has 250 valence electrons. The average Bonchev–Trinajstić information content (AvgIpc) is 3.81. The molecule has 2 heterocycles. The number of benzene rings is 10. The molecule has 12 aromatic rings. The summed E-state index contributed by atoms with van der Waals surface area (Å²) in [5.41, 5.74) is 7.52. The smallest absolute Gasteiger partial charge is 0.0440 e. The third-order valence-corrected chi connectivity index (χ3v) is 13.8. The minimum absolute atomic E-state index is 1.23. The Morgan fingerprint density at radius 3 is 1.85 bits per heavy atom. The van der Waals surface area contributed by atoms with E-state index in [9.17, 15) is 0 Å². The highest BCUT2D eigenvalue weighted by molar-refractivity contribution is 7.28. The topological polar surface area (TPSA) is 0 Å². The largest absolute Gasteiger partial charge is 0.135 e. The van der Waals surface area contributed by atoms with Gasteiger partial charge in [-0.2, -0.15) is 0 Å². The summed E-state index contributed by atoms with van der Waals surface area (Å²) in [4.78, 5) is 0. The maximum absolute atomic E-state index is 2.42. The molecule has 0 saturated heterocycles. The van der Waals surface area contributed by atoms with Gasteiger partial charge in [-0.1, -0.05) is 146 Å². The predicted molar refractivity (Wildman–Crippen MR) is 239 cm³/mol. The molecule has 0 fully saturated rings. The second kappa shape index (κ2) is 11.6. The maximum atomic E-state index is 2.42. The van der Waals surface area contributed by atoms with Gasteiger partial charge in [0.05, 0.1) is 0 Å². The van der Waals surface area contributed by atoms with Crippen LogP contribution in [-0.4, -0.2) is 0 Å². The van der Waals surface area contributed by atoms with Crippen LogP contribution in [0.2, 0.25) is 0 Å². The van der Waals surface area contributed by atoms with Gasteiger partial charge < -0.3 is 0 Å². The lowest BCUT2D eigenvalue weighted by Crippen LogP contribution is -1.90. The number of fused-ring (bicyclic) bond motifs is 12. The molecule has 0 aliphatic heterocycles. The average molecular weight is 719 g/mol. The molecule has 12 rings (SSSR count). The number of thiophene rings is 2. The van der Waals surface area contributed by atoms with Gasteiger partial charge in [0.25, 0.3) is 0 Å². The minimum Gasteiger partial charge on any atom is -0.135 e. The zero-order chi connectivity index (χ0) is 35.3. The summed E-state index contributed by atoms with van der Waals surface area (Å²) in [6.07, 6.45) is 0. The van der Waals surface area contributed by atoms with Gasteiger partial charge in [0.15, 0.2) is 0 Å².